The van der Waals surface area contributed by atoms with Crippen LogP contribution in [0.25, 0.3) is 0 Å². The molecule has 0 aliphatic carbocycles. The minimum absolute atomic E-state index is 0.0764. The van der Waals surface area contributed by atoms with Crippen molar-refractivity contribution in [1.82, 2.24) is 5.32 Å². The molecule has 1 amide bonds. The Hall–Kier alpha value is -0.570. The van der Waals surface area contributed by atoms with Crippen molar-refractivity contribution in [1.29, 1.82) is 0 Å². The van der Waals surface area contributed by atoms with E-state index in [0.29, 0.717) is 0 Å². The first-order valence-corrected chi connectivity index (χ1v) is 3.74. The predicted molar refractivity (Wildman–Crippen MR) is 41.3 cm³/mol. The van der Waals surface area contributed by atoms with Crippen molar-refractivity contribution in [2.45, 2.75) is 26.7 Å². The Balaban J connectivity index is 3.65. The lowest BCUT2D eigenvalue weighted by Gasteiger charge is -2.10. The number of carbonyl (C=O) groups is 1. The molecule has 0 saturated carbocycles. The van der Waals surface area contributed by atoms with Gasteiger partial charge in [-0.25, -0.2) is 0 Å². The van der Waals surface area contributed by atoms with E-state index in [1.54, 1.807) is 0 Å². The maximum atomic E-state index is 11.0. The maximum absolute atomic E-state index is 11.0. The van der Waals surface area contributed by atoms with Gasteiger partial charge in [-0.2, -0.15) is 0 Å². The molecule has 0 aliphatic rings. The maximum Gasteiger partial charge on any atom is 0.224 e. The van der Waals surface area contributed by atoms with E-state index in [1.165, 1.54) is 0 Å². The Morgan fingerprint density at radius 3 is 2.30 bits per heavy atom. The lowest BCUT2D eigenvalue weighted by Crippen LogP contribution is -2.34. The normalized spacial score (nSPS) is 10.0. The van der Waals surface area contributed by atoms with Crippen LogP contribution in [0.3, 0.4) is 0 Å². The van der Waals surface area contributed by atoms with Crippen LogP contribution in [0.5, 0.6) is 0 Å². The number of amides is 1. The van der Waals surface area contributed by atoms with E-state index in [2.05, 4.69) is 5.32 Å². The van der Waals surface area contributed by atoms with Crippen LogP contribution in [-0.2, 0) is 4.79 Å². The third-order valence-electron chi connectivity index (χ3n) is 1.63. The molecule has 3 nitrogen and oxygen atoms in total. The number of hydrogen-bond donors (Lipinski definition) is 2. The Morgan fingerprint density at radius 2 is 2.00 bits per heavy atom. The highest BCUT2D eigenvalue weighted by Crippen LogP contribution is 2.05. The Labute approximate surface area is 62.0 Å². The SMILES string of the molecule is CCC(CC)C(=O)NCN. The summed E-state index contributed by atoms with van der Waals surface area (Å²) >= 11 is 0. The number of nitrogens with two attached hydrogens (primary N) is 1. The van der Waals surface area contributed by atoms with E-state index in [1.807, 2.05) is 13.8 Å². The number of carbonyl (C=O) groups excluding carboxylic acids is 1. The zero-order chi connectivity index (χ0) is 7.98. The van der Waals surface area contributed by atoms with Gasteiger partial charge in [0.2, 0.25) is 5.91 Å². The monoisotopic (exact) mass is 144 g/mol. The van der Waals surface area contributed by atoms with Gasteiger partial charge >= 0.3 is 0 Å². The fraction of sp³-hybridized carbons (Fsp3) is 0.857. The molecule has 0 aliphatic heterocycles. The van der Waals surface area contributed by atoms with Gasteiger partial charge in [0, 0.05) is 5.92 Å². The molecule has 0 saturated heterocycles. The molecule has 0 rings (SSSR count). The number of rotatable bonds is 4. The quantitative estimate of drug-likeness (QED) is 0.563. The molecule has 3 N–H and O–H groups in total. The van der Waals surface area contributed by atoms with Crippen LogP contribution in [0, 0.1) is 5.92 Å². The third-order valence-corrected chi connectivity index (χ3v) is 1.63. The first kappa shape index (κ1) is 9.43. The lowest BCUT2D eigenvalue weighted by molar-refractivity contribution is -0.125. The van der Waals surface area contributed by atoms with Crippen LogP contribution in [0.2, 0.25) is 0 Å². The van der Waals surface area contributed by atoms with Crippen LogP contribution in [0.4, 0.5) is 0 Å². The molecule has 0 aromatic carbocycles. The van der Waals surface area contributed by atoms with Crippen molar-refractivity contribution in [2.75, 3.05) is 6.67 Å². The number of nitrogens with one attached hydrogen (secondary N) is 1. The molecular weight excluding hydrogens is 128 g/mol. The zero-order valence-corrected chi connectivity index (χ0v) is 6.68. The van der Waals surface area contributed by atoms with Crippen molar-refractivity contribution in [3.05, 3.63) is 0 Å². The molecule has 0 spiro atoms. The van der Waals surface area contributed by atoms with E-state index >= 15 is 0 Å². The van der Waals surface area contributed by atoms with Gasteiger partial charge in [0.1, 0.15) is 0 Å². The lowest BCUT2D eigenvalue weighted by atomic mass is 10.0. The largest absolute Gasteiger partial charge is 0.344 e. The summed E-state index contributed by atoms with van der Waals surface area (Å²) in [7, 11) is 0. The summed E-state index contributed by atoms with van der Waals surface area (Å²) in [5.74, 6) is 0.219. The summed E-state index contributed by atoms with van der Waals surface area (Å²) in [6, 6.07) is 0. The van der Waals surface area contributed by atoms with Crippen LogP contribution < -0.4 is 11.1 Å². The van der Waals surface area contributed by atoms with Crippen molar-refractivity contribution >= 4 is 5.91 Å². The van der Waals surface area contributed by atoms with Gasteiger partial charge in [0.05, 0.1) is 6.67 Å². The van der Waals surface area contributed by atoms with E-state index in [0.717, 1.165) is 12.8 Å². The Kier molecular flexibility index (Phi) is 4.94. The van der Waals surface area contributed by atoms with Crippen LogP contribution >= 0.6 is 0 Å². The molecule has 60 valence electrons. The molecule has 0 fully saturated rings. The second-order valence-corrected chi connectivity index (χ2v) is 2.26. The zero-order valence-electron chi connectivity index (χ0n) is 6.68. The van der Waals surface area contributed by atoms with E-state index in [-0.39, 0.29) is 18.5 Å². The van der Waals surface area contributed by atoms with Gasteiger partial charge in [-0.1, -0.05) is 13.8 Å². The second kappa shape index (κ2) is 5.23. The van der Waals surface area contributed by atoms with Crippen LogP contribution in [0.1, 0.15) is 26.7 Å². The summed E-state index contributed by atoms with van der Waals surface area (Å²) in [5, 5.41) is 2.59. The highest BCUT2D eigenvalue weighted by molar-refractivity contribution is 5.78. The van der Waals surface area contributed by atoms with Gasteiger partial charge < -0.3 is 11.1 Å². The van der Waals surface area contributed by atoms with Crippen LogP contribution in [0.15, 0.2) is 0 Å². The summed E-state index contributed by atoms with van der Waals surface area (Å²) in [5.41, 5.74) is 5.14. The van der Waals surface area contributed by atoms with E-state index in [4.69, 9.17) is 5.73 Å². The van der Waals surface area contributed by atoms with Gasteiger partial charge in [-0.15, -0.1) is 0 Å². The van der Waals surface area contributed by atoms with Gasteiger partial charge in [0.15, 0.2) is 0 Å². The van der Waals surface area contributed by atoms with Gasteiger partial charge in [-0.3, -0.25) is 4.79 Å². The van der Waals surface area contributed by atoms with E-state index in [9.17, 15) is 4.79 Å². The molecule has 0 heterocycles. The average Bonchev–Trinajstić information content (AvgIpc) is 1.91. The summed E-state index contributed by atoms with van der Waals surface area (Å²) in [6.07, 6.45) is 1.78. The average molecular weight is 144 g/mol. The predicted octanol–water partition coefficient (Wildman–Crippen LogP) is 0.455. The highest BCUT2D eigenvalue weighted by Gasteiger charge is 2.11. The summed E-state index contributed by atoms with van der Waals surface area (Å²) in [4.78, 5) is 11.0. The summed E-state index contributed by atoms with van der Waals surface area (Å²) in [6.45, 7) is 4.25. The first-order valence-electron chi connectivity index (χ1n) is 3.74. The topological polar surface area (TPSA) is 55.1 Å². The van der Waals surface area contributed by atoms with Gasteiger partial charge in [-0.05, 0) is 12.8 Å². The molecule has 0 unspecified atom stereocenters. The molecule has 3 heteroatoms. The third kappa shape index (κ3) is 2.82. The molecule has 0 bridgehead atoms. The Morgan fingerprint density at radius 1 is 1.50 bits per heavy atom. The summed E-state index contributed by atoms with van der Waals surface area (Å²) < 4.78 is 0. The van der Waals surface area contributed by atoms with Crippen LogP contribution in [-0.4, -0.2) is 12.6 Å². The standard InChI is InChI=1S/C7H16N2O/c1-3-6(4-2)7(10)9-5-8/h6H,3-5,8H2,1-2H3,(H,9,10). The molecule has 10 heavy (non-hydrogen) atoms. The highest BCUT2D eigenvalue weighted by atomic mass is 16.1. The van der Waals surface area contributed by atoms with Crippen molar-refractivity contribution in [3.8, 4) is 0 Å². The van der Waals surface area contributed by atoms with Crippen molar-refractivity contribution in [3.63, 3.8) is 0 Å². The molecule has 0 aromatic heterocycles. The molecular formula is C7H16N2O. The Bertz CT molecular complexity index is 99.8. The smallest absolute Gasteiger partial charge is 0.224 e. The molecule has 0 aromatic rings. The fourth-order valence-corrected chi connectivity index (χ4v) is 0.904. The minimum Gasteiger partial charge on any atom is -0.344 e. The molecule has 0 atom stereocenters. The van der Waals surface area contributed by atoms with E-state index < -0.39 is 0 Å². The fourth-order valence-electron chi connectivity index (χ4n) is 0.904. The number of hydrogen-bond acceptors (Lipinski definition) is 2. The van der Waals surface area contributed by atoms with Crippen molar-refractivity contribution in [2.24, 2.45) is 11.7 Å². The first-order chi connectivity index (χ1) is 4.76. The van der Waals surface area contributed by atoms with Gasteiger partial charge in [0.25, 0.3) is 0 Å². The van der Waals surface area contributed by atoms with Crippen molar-refractivity contribution < 1.29 is 4.79 Å². The minimum atomic E-state index is 0.0764. The second-order valence-electron chi connectivity index (χ2n) is 2.26. The molecule has 0 radical (unpaired) electrons.